The number of hydrogen-bond donors (Lipinski definition) is 2. The maximum Gasteiger partial charge on any atom is 0.193 e. The predicted molar refractivity (Wildman–Crippen MR) is 110 cm³/mol. The maximum atomic E-state index is 13.8. The Morgan fingerprint density at radius 2 is 1.93 bits per heavy atom. The van der Waals surface area contributed by atoms with Crippen LogP contribution >= 0.6 is 0 Å². The number of nitrogens with one attached hydrogen (secondary N) is 1. The molecule has 2 aromatic carbocycles. The third-order valence-electron chi connectivity index (χ3n) is 4.94. The van der Waals surface area contributed by atoms with E-state index in [4.69, 9.17) is 15.2 Å². The number of aliphatic imine (C=N–C) groups is 1. The standard InChI is InChI=1S/C22H28FN3O2/c1-16(2)28-20-8-6-19(7-9-20)26-21(24)25-15-22(10-12-27-13-11-22)17-4-3-5-18(23)14-17/h3-9,14,16H,10-13,15H2,1-2H3,(H3,24,25,26). The van der Waals surface area contributed by atoms with Crippen molar-refractivity contribution in [3.63, 3.8) is 0 Å². The quantitative estimate of drug-likeness (QED) is 0.581. The molecule has 0 aliphatic carbocycles. The van der Waals surface area contributed by atoms with E-state index < -0.39 is 0 Å². The van der Waals surface area contributed by atoms with Gasteiger partial charge in [-0.2, -0.15) is 0 Å². The molecule has 1 heterocycles. The second-order valence-corrected chi connectivity index (χ2v) is 7.42. The summed E-state index contributed by atoms with van der Waals surface area (Å²) in [5.41, 5.74) is 7.63. The van der Waals surface area contributed by atoms with Crippen LogP contribution in [0, 0.1) is 5.82 Å². The lowest BCUT2D eigenvalue weighted by Crippen LogP contribution is -2.38. The first-order valence-electron chi connectivity index (χ1n) is 9.64. The zero-order valence-corrected chi connectivity index (χ0v) is 16.5. The molecule has 0 spiro atoms. The van der Waals surface area contributed by atoms with Gasteiger partial charge < -0.3 is 20.5 Å². The molecule has 150 valence electrons. The van der Waals surface area contributed by atoms with E-state index in [-0.39, 0.29) is 17.3 Å². The highest BCUT2D eigenvalue weighted by Crippen LogP contribution is 2.35. The first-order valence-corrected chi connectivity index (χ1v) is 9.64. The molecular weight excluding hydrogens is 357 g/mol. The van der Waals surface area contributed by atoms with Gasteiger partial charge in [0.2, 0.25) is 0 Å². The van der Waals surface area contributed by atoms with Gasteiger partial charge in [0.15, 0.2) is 5.96 Å². The summed E-state index contributed by atoms with van der Waals surface area (Å²) in [7, 11) is 0. The van der Waals surface area contributed by atoms with E-state index in [1.165, 1.54) is 6.07 Å². The van der Waals surface area contributed by atoms with Gasteiger partial charge in [0.05, 0.1) is 12.6 Å². The number of nitrogens with zero attached hydrogens (tertiary/aromatic N) is 1. The monoisotopic (exact) mass is 385 g/mol. The van der Waals surface area contributed by atoms with Crippen molar-refractivity contribution in [2.24, 2.45) is 10.7 Å². The molecule has 0 unspecified atom stereocenters. The molecule has 0 bridgehead atoms. The predicted octanol–water partition coefficient (Wildman–Crippen LogP) is 4.09. The Bertz CT molecular complexity index is 800. The average Bonchev–Trinajstić information content (AvgIpc) is 2.68. The summed E-state index contributed by atoms with van der Waals surface area (Å²) in [4.78, 5) is 4.57. The molecule has 0 aromatic heterocycles. The van der Waals surface area contributed by atoms with E-state index in [0.29, 0.717) is 25.7 Å². The minimum Gasteiger partial charge on any atom is -0.491 e. The van der Waals surface area contributed by atoms with Gasteiger partial charge in [-0.05, 0) is 68.7 Å². The highest BCUT2D eigenvalue weighted by molar-refractivity contribution is 5.92. The highest BCUT2D eigenvalue weighted by Gasteiger charge is 2.34. The second-order valence-electron chi connectivity index (χ2n) is 7.42. The van der Waals surface area contributed by atoms with Crippen LogP contribution in [-0.2, 0) is 10.2 Å². The molecule has 2 aromatic rings. The number of nitrogens with two attached hydrogens (primary N) is 1. The average molecular weight is 385 g/mol. The summed E-state index contributed by atoms with van der Waals surface area (Å²) < 4.78 is 24.9. The first-order chi connectivity index (χ1) is 13.5. The van der Waals surface area contributed by atoms with E-state index in [1.807, 2.05) is 44.2 Å². The Hall–Kier alpha value is -2.60. The summed E-state index contributed by atoms with van der Waals surface area (Å²) in [6, 6.07) is 14.3. The van der Waals surface area contributed by atoms with Gasteiger partial charge in [0.1, 0.15) is 11.6 Å². The van der Waals surface area contributed by atoms with Gasteiger partial charge in [-0.25, -0.2) is 4.39 Å². The van der Waals surface area contributed by atoms with Crippen LogP contribution in [0.4, 0.5) is 10.1 Å². The molecule has 5 nitrogen and oxygen atoms in total. The van der Waals surface area contributed by atoms with Gasteiger partial charge in [0, 0.05) is 24.3 Å². The third kappa shape index (κ3) is 5.23. The third-order valence-corrected chi connectivity index (χ3v) is 4.94. The minimum absolute atomic E-state index is 0.129. The summed E-state index contributed by atoms with van der Waals surface area (Å²) in [5, 5.41) is 3.11. The molecule has 0 atom stereocenters. The van der Waals surface area contributed by atoms with Crippen molar-refractivity contribution >= 4 is 11.6 Å². The van der Waals surface area contributed by atoms with E-state index in [1.54, 1.807) is 12.1 Å². The summed E-state index contributed by atoms with van der Waals surface area (Å²) >= 11 is 0. The van der Waals surface area contributed by atoms with Gasteiger partial charge in [0.25, 0.3) is 0 Å². The van der Waals surface area contributed by atoms with Crippen molar-refractivity contribution < 1.29 is 13.9 Å². The van der Waals surface area contributed by atoms with Crippen molar-refractivity contribution in [2.75, 3.05) is 25.1 Å². The van der Waals surface area contributed by atoms with Crippen molar-refractivity contribution in [1.82, 2.24) is 0 Å². The van der Waals surface area contributed by atoms with Crippen molar-refractivity contribution in [3.8, 4) is 5.75 Å². The normalized spacial score (nSPS) is 16.8. The molecule has 0 amide bonds. The Morgan fingerprint density at radius 1 is 1.21 bits per heavy atom. The van der Waals surface area contributed by atoms with Crippen LogP contribution in [0.25, 0.3) is 0 Å². The van der Waals surface area contributed by atoms with Crippen molar-refractivity contribution in [3.05, 3.63) is 59.9 Å². The lowest BCUT2D eigenvalue weighted by atomic mass is 9.74. The van der Waals surface area contributed by atoms with E-state index in [9.17, 15) is 4.39 Å². The fraction of sp³-hybridized carbons (Fsp3) is 0.409. The smallest absolute Gasteiger partial charge is 0.193 e. The topological polar surface area (TPSA) is 68.9 Å². The minimum atomic E-state index is -0.262. The molecule has 1 saturated heterocycles. The first kappa shape index (κ1) is 20.1. The lowest BCUT2D eigenvalue weighted by Gasteiger charge is -2.36. The maximum absolute atomic E-state index is 13.8. The van der Waals surface area contributed by atoms with Crippen LogP contribution in [0.15, 0.2) is 53.5 Å². The number of rotatable bonds is 6. The Morgan fingerprint density at radius 3 is 2.57 bits per heavy atom. The van der Waals surface area contributed by atoms with Gasteiger partial charge in [-0.15, -0.1) is 0 Å². The molecular formula is C22H28FN3O2. The molecule has 0 saturated carbocycles. The van der Waals surface area contributed by atoms with Crippen LogP contribution in [-0.4, -0.2) is 31.8 Å². The number of hydrogen-bond acceptors (Lipinski definition) is 3. The molecule has 0 radical (unpaired) electrons. The van der Waals surface area contributed by atoms with E-state index in [0.717, 1.165) is 29.8 Å². The molecule has 6 heteroatoms. The van der Waals surface area contributed by atoms with Gasteiger partial charge >= 0.3 is 0 Å². The van der Waals surface area contributed by atoms with Gasteiger partial charge in [-0.1, -0.05) is 12.1 Å². The second kappa shape index (κ2) is 9.06. The number of benzene rings is 2. The largest absolute Gasteiger partial charge is 0.491 e. The summed E-state index contributed by atoms with van der Waals surface area (Å²) in [5.74, 6) is 0.908. The van der Waals surface area contributed by atoms with Crippen molar-refractivity contribution in [2.45, 2.75) is 38.2 Å². The number of ether oxygens (including phenoxy) is 2. The summed E-state index contributed by atoms with van der Waals surface area (Å²) in [6.07, 6.45) is 1.70. The Labute approximate surface area is 165 Å². The Balaban J connectivity index is 1.70. The zero-order valence-electron chi connectivity index (χ0n) is 16.5. The van der Waals surface area contributed by atoms with Crippen LogP contribution < -0.4 is 15.8 Å². The summed E-state index contributed by atoms with van der Waals surface area (Å²) in [6.45, 7) is 5.73. The zero-order chi connectivity index (χ0) is 20.0. The number of anilines is 1. The fourth-order valence-electron chi connectivity index (χ4n) is 3.43. The SMILES string of the molecule is CC(C)Oc1ccc(NC(N)=NCC2(c3cccc(F)c3)CCOCC2)cc1. The van der Waals surface area contributed by atoms with Crippen molar-refractivity contribution in [1.29, 1.82) is 0 Å². The molecule has 28 heavy (non-hydrogen) atoms. The van der Waals surface area contributed by atoms with Crippen LogP contribution in [0.2, 0.25) is 0 Å². The number of halogens is 1. The molecule has 3 rings (SSSR count). The van der Waals surface area contributed by atoms with Gasteiger partial charge in [-0.3, -0.25) is 4.99 Å². The van der Waals surface area contributed by atoms with E-state index >= 15 is 0 Å². The van der Waals surface area contributed by atoms with Crippen LogP contribution in [0.1, 0.15) is 32.3 Å². The molecule has 1 aliphatic rings. The van der Waals surface area contributed by atoms with E-state index in [2.05, 4.69) is 10.3 Å². The highest BCUT2D eigenvalue weighted by atomic mass is 19.1. The molecule has 1 aliphatic heterocycles. The molecule has 1 fully saturated rings. The van der Waals surface area contributed by atoms with Crippen LogP contribution in [0.5, 0.6) is 5.75 Å². The van der Waals surface area contributed by atoms with Crippen LogP contribution in [0.3, 0.4) is 0 Å². The number of guanidine groups is 1. The lowest BCUT2D eigenvalue weighted by molar-refractivity contribution is 0.0530. The Kier molecular flexibility index (Phi) is 6.52. The fourth-order valence-corrected chi connectivity index (χ4v) is 3.43. The molecule has 3 N–H and O–H groups in total.